The zero-order valence-corrected chi connectivity index (χ0v) is 24.1. The molecule has 0 fully saturated rings. The van der Waals surface area contributed by atoms with Crippen molar-refractivity contribution in [3.05, 3.63) is 74.0 Å². The second kappa shape index (κ2) is 11.4. The van der Waals surface area contributed by atoms with E-state index in [1.54, 1.807) is 0 Å². The van der Waals surface area contributed by atoms with Crippen LogP contribution in [0.5, 0.6) is 11.5 Å². The molecule has 0 spiro atoms. The van der Waals surface area contributed by atoms with Crippen molar-refractivity contribution in [2.45, 2.75) is 65.2 Å². The van der Waals surface area contributed by atoms with Gasteiger partial charge in [-0.05, 0) is 97.3 Å². The SMILES string of the molecule is CCOc1cc(C2C3=C(CCCC3=O)NC3=C2C(=O)CCC3)cc(Br)c1OCC(=O)Nc1cccc(C)c1C. The normalized spacial score (nSPS) is 17.4. The van der Waals surface area contributed by atoms with Gasteiger partial charge in [-0.15, -0.1) is 0 Å². The number of aryl methyl sites for hydroxylation is 1. The number of hydrogen-bond donors (Lipinski definition) is 2. The van der Waals surface area contributed by atoms with Gasteiger partial charge in [0.2, 0.25) is 0 Å². The van der Waals surface area contributed by atoms with Crippen molar-refractivity contribution in [2.24, 2.45) is 0 Å². The highest BCUT2D eigenvalue weighted by molar-refractivity contribution is 9.10. The number of nitrogens with one attached hydrogen (secondary N) is 2. The average Bonchev–Trinajstić information content (AvgIpc) is 2.90. The number of Topliss-reactive ketones (excluding diaryl/α,β-unsaturated/α-hetero) is 2. The first-order valence-corrected chi connectivity index (χ1v) is 14.3. The summed E-state index contributed by atoms with van der Waals surface area (Å²) in [5.74, 6) is 0.279. The van der Waals surface area contributed by atoms with Crippen molar-refractivity contribution in [1.29, 1.82) is 0 Å². The summed E-state index contributed by atoms with van der Waals surface area (Å²) in [6, 6.07) is 9.49. The van der Waals surface area contributed by atoms with Crippen molar-refractivity contribution in [1.82, 2.24) is 5.32 Å². The van der Waals surface area contributed by atoms with Crippen molar-refractivity contribution < 1.29 is 23.9 Å². The van der Waals surface area contributed by atoms with E-state index >= 15 is 0 Å². The number of ether oxygens (including phenoxy) is 2. The molecule has 0 saturated carbocycles. The standard InChI is InChI=1S/C31H33BrN2O5/c1-4-38-26-15-19(14-20(32)31(26)39-16-27(37)34-21-9-5-8-17(2)18(21)3)28-29-22(10-6-12-24(29)35)33-23-11-7-13-25(36)30(23)28/h5,8-9,14-15,28,33H,4,6-7,10-13,16H2,1-3H3,(H,34,37). The fourth-order valence-corrected chi connectivity index (χ4v) is 6.26. The summed E-state index contributed by atoms with van der Waals surface area (Å²) in [7, 11) is 0. The average molecular weight is 594 g/mol. The van der Waals surface area contributed by atoms with Gasteiger partial charge < -0.3 is 20.1 Å². The summed E-state index contributed by atoms with van der Waals surface area (Å²) in [4.78, 5) is 39.1. The van der Waals surface area contributed by atoms with Crippen LogP contribution in [-0.2, 0) is 14.4 Å². The van der Waals surface area contributed by atoms with Crippen LogP contribution in [0.4, 0.5) is 5.69 Å². The second-order valence-corrected chi connectivity index (χ2v) is 11.1. The first-order valence-electron chi connectivity index (χ1n) is 13.5. The number of anilines is 1. The molecule has 1 aliphatic heterocycles. The van der Waals surface area contributed by atoms with Gasteiger partial charge in [-0.25, -0.2) is 0 Å². The van der Waals surface area contributed by atoms with E-state index < -0.39 is 5.92 Å². The van der Waals surface area contributed by atoms with E-state index in [9.17, 15) is 14.4 Å². The summed E-state index contributed by atoms with van der Waals surface area (Å²) in [6.07, 6.45) is 4.14. The quantitative estimate of drug-likeness (QED) is 0.398. The fraction of sp³-hybridized carbons (Fsp3) is 0.387. The lowest BCUT2D eigenvalue weighted by Gasteiger charge is -2.37. The topological polar surface area (TPSA) is 93.7 Å². The van der Waals surface area contributed by atoms with E-state index in [-0.39, 0.29) is 24.1 Å². The Morgan fingerprint density at radius 1 is 1.00 bits per heavy atom. The number of rotatable bonds is 7. The molecule has 2 aromatic carbocycles. The van der Waals surface area contributed by atoms with E-state index in [1.165, 1.54) is 0 Å². The molecule has 0 atom stereocenters. The minimum atomic E-state index is -0.450. The van der Waals surface area contributed by atoms with Gasteiger partial charge in [0.15, 0.2) is 29.7 Å². The highest BCUT2D eigenvalue weighted by Gasteiger charge is 2.40. The Labute approximate surface area is 237 Å². The van der Waals surface area contributed by atoms with Crippen LogP contribution >= 0.6 is 15.9 Å². The summed E-state index contributed by atoms with van der Waals surface area (Å²) >= 11 is 3.62. The summed E-state index contributed by atoms with van der Waals surface area (Å²) in [6.45, 7) is 6.01. The van der Waals surface area contributed by atoms with E-state index in [2.05, 4.69) is 26.6 Å². The van der Waals surface area contributed by atoms with Gasteiger partial charge in [0.25, 0.3) is 5.91 Å². The molecule has 5 rings (SSSR count). The van der Waals surface area contributed by atoms with Crippen molar-refractivity contribution in [3.8, 4) is 11.5 Å². The Bertz CT molecular complexity index is 1380. The highest BCUT2D eigenvalue weighted by Crippen LogP contribution is 2.48. The molecule has 0 bridgehead atoms. The molecule has 8 heteroatoms. The lowest BCUT2D eigenvalue weighted by molar-refractivity contribution is -0.118. The lowest BCUT2D eigenvalue weighted by atomic mass is 9.71. The Balaban J connectivity index is 1.47. The van der Waals surface area contributed by atoms with Gasteiger partial charge in [-0.2, -0.15) is 0 Å². The number of halogens is 1. The minimum absolute atomic E-state index is 0.0798. The zero-order valence-electron chi connectivity index (χ0n) is 22.5. The third-order valence-corrected chi connectivity index (χ3v) is 8.27. The number of allylic oxidation sites excluding steroid dienone is 4. The van der Waals surface area contributed by atoms with Crippen molar-refractivity contribution >= 4 is 39.1 Å². The third kappa shape index (κ3) is 5.39. The largest absolute Gasteiger partial charge is 0.490 e. The predicted molar refractivity (Wildman–Crippen MR) is 153 cm³/mol. The molecular weight excluding hydrogens is 560 g/mol. The fourth-order valence-electron chi connectivity index (χ4n) is 5.68. The maximum absolute atomic E-state index is 13.2. The number of hydrogen-bond acceptors (Lipinski definition) is 6. The van der Waals surface area contributed by atoms with Crippen LogP contribution < -0.4 is 20.1 Å². The predicted octanol–water partition coefficient (Wildman–Crippen LogP) is 6.18. The molecule has 0 unspecified atom stereocenters. The van der Waals surface area contributed by atoms with Crippen LogP contribution in [0.25, 0.3) is 0 Å². The van der Waals surface area contributed by atoms with Crippen LogP contribution in [-0.4, -0.2) is 30.7 Å². The molecule has 0 aromatic heterocycles. The maximum atomic E-state index is 13.2. The third-order valence-electron chi connectivity index (χ3n) is 7.68. The summed E-state index contributed by atoms with van der Waals surface area (Å²) < 4.78 is 12.5. The van der Waals surface area contributed by atoms with E-state index in [1.807, 2.05) is 51.1 Å². The number of amides is 1. The number of benzene rings is 2. The van der Waals surface area contributed by atoms with Crippen molar-refractivity contribution in [3.63, 3.8) is 0 Å². The van der Waals surface area contributed by atoms with Crippen LogP contribution in [0.1, 0.15) is 68.1 Å². The molecule has 1 heterocycles. The van der Waals surface area contributed by atoms with Gasteiger partial charge >= 0.3 is 0 Å². The van der Waals surface area contributed by atoms with Gasteiger partial charge in [0.05, 0.1) is 11.1 Å². The van der Waals surface area contributed by atoms with E-state index in [0.29, 0.717) is 46.6 Å². The Morgan fingerprint density at radius 3 is 2.31 bits per heavy atom. The summed E-state index contributed by atoms with van der Waals surface area (Å²) in [5.41, 5.74) is 6.88. The number of carbonyl (C=O) groups is 3. The maximum Gasteiger partial charge on any atom is 0.262 e. The molecule has 1 amide bonds. The van der Waals surface area contributed by atoms with Crippen LogP contribution in [0, 0.1) is 13.8 Å². The minimum Gasteiger partial charge on any atom is -0.490 e. The lowest BCUT2D eigenvalue weighted by Crippen LogP contribution is -2.36. The molecule has 39 heavy (non-hydrogen) atoms. The number of carbonyl (C=O) groups excluding carboxylic acids is 3. The van der Waals surface area contributed by atoms with Gasteiger partial charge in [-0.3, -0.25) is 14.4 Å². The molecule has 3 aliphatic rings. The van der Waals surface area contributed by atoms with Crippen LogP contribution in [0.3, 0.4) is 0 Å². The number of ketones is 2. The van der Waals surface area contributed by atoms with Crippen LogP contribution in [0.2, 0.25) is 0 Å². The van der Waals surface area contributed by atoms with Gasteiger partial charge in [-0.1, -0.05) is 12.1 Å². The summed E-state index contributed by atoms with van der Waals surface area (Å²) in [5, 5.41) is 6.36. The molecule has 7 nitrogen and oxygen atoms in total. The molecule has 0 saturated heterocycles. The van der Waals surface area contributed by atoms with E-state index in [0.717, 1.165) is 59.5 Å². The van der Waals surface area contributed by atoms with Crippen molar-refractivity contribution in [2.75, 3.05) is 18.5 Å². The Kier molecular flexibility index (Phi) is 7.93. The monoisotopic (exact) mass is 592 g/mol. The second-order valence-electron chi connectivity index (χ2n) is 10.2. The first-order chi connectivity index (χ1) is 18.8. The molecule has 2 aliphatic carbocycles. The zero-order chi connectivity index (χ0) is 27.7. The Morgan fingerprint density at radius 2 is 1.67 bits per heavy atom. The molecule has 2 aromatic rings. The van der Waals surface area contributed by atoms with Gasteiger partial charge in [0.1, 0.15) is 0 Å². The van der Waals surface area contributed by atoms with Crippen LogP contribution in [0.15, 0.2) is 57.3 Å². The first kappa shape index (κ1) is 27.2. The Hall–Kier alpha value is -3.39. The highest BCUT2D eigenvalue weighted by atomic mass is 79.9. The smallest absolute Gasteiger partial charge is 0.262 e. The number of dihydropyridines is 1. The molecule has 2 N–H and O–H groups in total. The van der Waals surface area contributed by atoms with Gasteiger partial charge in [0, 0.05) is 47.0 Å². The van der Waals surface area contributed by atoms with E-state index in [4.69, 9.17) is 9.47 Å². The molecule has 204 valence electrons. The molecule has 0 radical (unpaired) electrons. The molecular formula is C31H33BrN2O5.